The number of ether oxygens (including phenoxy) is 1. The van der Waals surface area contributed by atoms with E-state index in [1.54, 1.807) is 13.3 Å². The molecular weight excluding hydrogens is 284 g/mol. The Morgan fingerprint density at radius 3 is 3.09 bits per heavy atom. The summed E-state index contributed by atoms with van der Waals surface area (Å²) in [6, 6.07) is 7.52. The zero-order valence-corrected chi connectivity index (χ0v) is 11.8. The Morgan fingerprint density at radius 2 is 2.23 bits per heavy atom. The van der Waals surface area contributed by atoms with Gasteiger partial charge in [-0.3, -0.25) is 0 Å². The van der Waals surface area contributed by atoms with Crippen LogP contribution in [0.25, 0.3) is 0 Å². The fourth-order valence-corrected chi connectivity index (χ4v) is 1.92. The van der Waals surface area contributed by atoms with Crippen LogP contribution in [0.1, 0.15) is 11.4 Å². The van der Waals surface area contributed by atoms with Crippen molar-refractivity contribution < 1.29 is 4.74 Å². The van der Waals surface area contributed by atoms with Gasteiger partial charge in [0.1, 0.15) is 23.7 Å². The molecule has 9 nitrogen and oxygen atoms in total. The van der Waals surface area contributed by atoms with E-state index in [0.717, 1.165) is 11.3 Å². The molecule has 0 fully saturated rings. The lowest BCUT2D eigenvalue weighted by atomic mass is 10.2. The zero-order valence-electron chi connectivity index (χ0n) is 11.8. The van der Waals surface area contributed by atoms with Crippen LogP contribution in [0.2, 0.25) is 0 Å². The number of rotatable bonds is 3. The van der Waals surface area contributed by atoms with Gasteiger partial charge in [-0.05, 0) is 12.1 Å². The van der Waals surface area contributed by atoms with Gasteiger partial charge < -0.3 is 10.5 Å². The van der Waals surface area contributed by atoms with Gasteiger partial charge in [0.05, 0.1) is 19.7 Å². The van der Waals surface area contributed by atoms with Crippen LogP contribution >= 0.6 is 0 Å². The second kappa shape index (κ2) is 6.04. The molecule has 0 spiro atoms. The van der Waals surface area contributed by atoms with Crippen LogP contribution in [0.15, 0.2) is 45.9 Å². The average Bonchev–Trinajstić information content (AvgIpc) is 2.93. The number of nitrogens with one attached hydrogen (secondary N) is 1. The Morgan fingerprint density at radius 1 is 1.36 bits per heavy atom. The fourth-order valence-electron chi connectivity index (χ4n) is 1.92. The SMILES string of the molecule is COc1ccccc1/C=N\NC1=NN=C(N)Cc2ncnn21. The number of methoxy groups -OCH3 is 1. The minimum Gasteiger partial charge on any atom is -0.496 e. The first-order chi connectivity index (χ1) is 10.8. The number of hydrogen-bond donors (Lipinski definition) is 2. The largest absolute Gasteiger partial charge is 0.496 e. The van der Waals surface area contributed by atoms with E-state index in [1.807, 2.05) is 24.3 Å². The van der Waals surface area contributed by atoms with Crippen LogP contribution in [0, 0.1) is 0 Å². The smallest absolute Gasteiger partial charge is 0.266 e. The monoisotopic (exact) mass is 298 g/mol. The first-order valence-corrected chi connectivity index (χ1v) is 6.49. The molecule has 0 saturated heterocycles. The van der Waals surface area contributed by atoms with E-state index in [2.05, 4.69) is 30.8 Å². The van der Waals surface area contributed by atoms with Crippen molar-refractivity contribution in [3.05, 3.63) is 42.0 Å². The number of amidine groups is 1. The van der Waals surface area contributed by atoms with Gasteiger partial charge in [-0.1, -0.05) is 12.1 Å². The molecule has 0 radical (unpaired) electrons. The van der Waals surface area contributed by atoms with Gasteiger partial charge in [0.15, 0.2) is 0 Å². The molecule has 1 aromatic heterocycles. The van der Waals surface area contributed by atoms with Gasteiger partial charge in [0.2, 0.25) is 0 Å². The molecule has 3 rings (SSSR count). The first-order valence-electron chi connectivity index (χ1n) is 6.49. The van der Waals surface area contributed by atoms with Crippen molar-refractivity contribution in [3.8, 4) is 5.75 Å². The summed E-state index contributed by atoms with van der Waals surface area (Å²) < 4.78 is 6.75. The summed E-state index contributed by atoms with van der Waals surface area (Å²) in [6.45, 7) is 0. The van der Waals surface area contributed by atoms with Gasteiger partial charge in [0.25, 0.3) is 5.96 Å². The molecule has 3 N–H and O–H groups in total. The predicted octanol–water partition coefficient (Wildman–Crippen LogP) is -0.0572. The summed E-state index contributed by atoms with van der Waals surface area (Å²) in [6.07, 6.45) is 3.43. The van der Waals surface area contributed by atoms with E-state index in [-0.39, 0.29) is 0 Å². The maximum Gasteiger partial charge on any atom is 0.266 e. The Labute approximate surface area is 126 Å². The first kappa shape index (κ1) is 13.7. The molecule has 2 aromatic rings. The van der Waals surface area contributed by atoms with E-state index in [1.165, 1.54) is 11.0 Å². The minimum atomic E-state index is 0.319. The number of benzene rings is 1. The third kappa shape index (κ3) is 2.77. The van der Waals surface area contributed by atoms with Crippen molar-refractivity contribution in [2.45, 2.75) is 6.42 Å². The van der Waals surface area contributed by atoms with Gasteiger partial charge in [-0.2, -0.15) is 14.9 Å². The van der Waals surface area contributed by atoms with Crippen LogP contribution in [-0.4, -0.2) is 39.9 Å². The number of nitrogens with zero attached hydrogens (tertiary/aromatic N) is 6. The van der Waals surface area contributed by atoms with Crippen LogP contribution in [-0.2, 0) is 6.42 Å². The minimum absolute atomic E-state index is 0.319. The number of hydrogen-bond acceptors (Lipinski definition) is 8. The Hall–Kier alpha value is -3.23. The summed E-state index contributed by atoms with van der Waals surface area (Å²) in [7, 11) is 1.61. The highest BCUT2D eigenvalue weighted by atomic mass is 16.5. The molecule has 0 atom stereocenters. The van der Waals surface area contributed by atoms with Crippen LogP contribution < -0.4 is 15.9 Å². The molecule has 0 bridgehead atoms. The lowest BCUT2D eigenvalue weighted by Crippen LogP contribution is -2.28. The third-order valence-corrected chi connectivity index (χ3v) is 2.94. The zero-order chi connectivity index (χ0) is 15.4. The van der Waals surface area contributed by atoms with Crippen LogP contribution in [0.4, 0.5) is 0 Å². The van der Waals surface area contributed by atoms with Crippen molar-refractivity contribution in [2.75, 3.05) is 7.11 Å². The number of fused-ring (bicyclic) bond motifs is 1. The van der Waals surface area contributed by atoms with Gasteiger partial charge in [0, 0.05) is 5.56 Å². The van der Waals surface area contributed by atoms with E-state index < -0.39 is 0 Å². The summed E-state index contributed by atoms with van der Waals surface area (Å²) in [4.78, 5) is 4.11. The molecule has 0 amide bonds. The molecule has 22 heavy (non-hydrogen) atoms. The Bertz CT molecular complexity index is 761. The molecule has 2 heterocycles. The quantitative estimate of drug-likeness (QED) is 0.608. The van der Waals surface area contributed by atoms with Crippen molar-refractivity contribution >= 4 is 18.0 Å². The number of nitrogens with two attached hydrogens (primary N) is 1. The van der Waals surface area contributed by atoms with Crippen LogP contribution in [0.3, 0.4) is 0 Å². The number of para-hydroxylation sites is 1. The van der Waals surface area contributed by atoms with E-state index in [0.29, 0.717) is 24.0 Å². The molecule has 9 heteroatoms. The van der Waals surface area contributed by atoms with Crippen molar-refractivity contribution in [1.82, 2.24) is 20.2 Å². The third-order valence-electron chi connectivity index (χ3n) is 2.94. The molecule has 1 aliphatic rings. The predicted molar refractivity (Wildman–Crippen MR) is 81.9 cm³/mol. The van der Waals surface area contributed by atoms with Crippen molar-refractivity contribution in [2.24, 2.45) is 21.0 Å². The average molecular weight is 298 g/mol. The van der Waals surface area contributed by atoms with Crippen LogP contribution in [0.5, 0.6) is 5.75 Å². The topological polar surface area (TPSA) is 115 Å². The Kier molecular flexibility index (Phi) is 3.77. The van der Waals surface area contributed by atoms with Gasteiger partial charge in [-0.25, -0.2) is 10.4 Å². The van der Waals surface area contributed by atoms with E-state index >= 15 is 0 Å². The lowest BCUT2D eigenvalue weighted by molar-refractivity contribution is 0.414. The van der Waals surface area contributed by atoms with Crippen molar-refractivity contribution in [3.63, 3.8) is 0 Å². The fraction of sp³-hybridized carbons (Fsp3) is 0.154. The standard InChI is InChI=1S/C13H14N8O/c1-22-10-5-3-2-4-9(10)7-16-19-13-20-18-11(14)6-12-15-8-17-21(12)13/h2-5,7-8H,6H2,1H3,(H2,14,18)(H,19,20)/b16-7-. The highest BCUT2D eigenvalue weighted by Gasteiger charge is 2.15. The number of hydrazone groups is 1. The molecule has 112 valence electrons. The van der Waals surface area contributed by atoms with E-state index in [4.69, 9.17) is 10.5 Å². The second-order valence-corrected chi connectivity index (χ2v) is 4.39. The molecule has 1 aromatic carbocycles. The molecule has 0 saturated carbocycles. The maximum absolute atomic E-state index is 5.71. The molecule has 1 aliphatic heterocycles. The lowest BCUT2D eigenvalue weighted by Gasteiger charge is -2.05. The number of aromatic nitrogens is 3. The van der Waals surface area contributed by atoms with Gasteiger partial charge >= 0.3 is 0 Å². The highest BCUT2D eigenvalue weighted by Crippen LogP contribution is 2.14. The summed E-state index contributed by atoms with van der Waals surface area (Å²) in [5.41, 5.74) is 9.32. The van der Waals surface area contributed by atoms with Gasteiger partial charge in [-0.15, -0.1) is 10.2 Å². The normalized spacial score (nSPS) is 14.0. The summed E-state index contributed by atoms with van der Waals surface area (Å²) in [5, 5.41) is 16.1. The Balaban J connectivity index is 1.81. The highest BCUT2D eigenvalue weighted by molar-refractivity contribution is 5.90. The maximum atomic E-state index is 5.71. The van der Waals surface area contributed by atoms with E-state index in [9.17, 15) is 0 Å². The van der Waals surface area contributed by atoms with Crippen molar-refractivity contribution in [1.29, 1.82) is 0 Å². The molecular formula is C13H14N8O. The molecule has 0 aliphatic carbocycles. The second-order valence-electron chi connectivity index (χ2n) is 4.39. The summed E-state index contributed by atoms with van der Waals surface area (Å²) >= 11 is 0. The molecule has 0 unspecified atom stereocenters. The summed E-state index contributed by atoms with van der Waals surface area (Å²) in [5.74, 6) is 2.04.